The summed E-state index contributed by atoms with van der Waals surface area (Å²) >= 11 is 0. The van der Waals surface area contributed by atoms with E-state index in [0.29, 0.717) is 30.2 Å². The molecule has 10 heteroatoms. The van der Waals surface area contributed by atoms with Gasteiger partial charge in [-0.3, -0.25) is 4.79 Å². The molecule has 0 atom stereocenters. The number of carbonyl (C=O) groups excluding carboxylic acids is 1. The first-order chi connectivity index (χ1) is 11.2. The van der Waals surface area contributed by atoms with Crippen molar-refractivity contribution in [3.8, 4) is 5.69 Å². The van der Waals surface area contributed by atoms with Crippen LogP contribution >= 0.6 is 0 Å². The van der Waals surface area contributed by atoms with Gasteiger partial charge in [0, 0.05) is 24.1 Å². The van der Waals surface area contributed by atoms with E-state index in [1.165, 1.54) is 10.7 Å². The summed E-state index contributed by atoms with van der Waals surface area (Å²) in [6, 6.07) is 4.63. The Morgan fingerprint density at radius 1 is 1.48 bits per heavy atom. The summed E-state index contributed by atoms with van der Waals surface area (Å²) in [6.07, 6.45) is 1.57. The number of halogens is 1. The van der Waals surface area contributed by atoms with Gasteiger partial charge in [0.05, 0.1) is 36.4 Å². The van der Waals surface area contributed by atoms with Gasteiger partial charge >= 0.3 is 0 Å². The van der Waals surface area contributed by atoms with Gasteiger partial charge < -0.3 is 10.2 Å². The quantitative estimate of drug-likeness (QED) is 0.518. The highest BCUT2D eigenvalue weighted by atomic mass is 19.1. The van der Waals surface area contributed by atoms with Crippen molar-refractivity contribution in [2.24, 2.45) is 5.11 Å². The Balaban J connectivity index is 1.82. The third kappa shape index (κ3) is 3.22. The van der Waals surface area contributed by atoms with Crippen LogP contribution in [0.25, 0.3) is 16.1 Å². The fraction of sp³-hybridized carbons (Fsp3) is 0.308. The lowest BCUT2D eigenvalue weighted by atomic mass is 10.2. The molecule has 1 aromatic carbocycles. The molecule has 1 aliphatic rings. The number of nitrogens with one attached hydrogen (secondary N) is 1. The average molecular weight is 316 g/mol. The van der Waals surface area contributed by atoms with E-state index in [2.05, 4.69) is 25.7 Å². The van der Waals surface area contributed by atoms with Gasteiger partial charge in [0.1, 0.15) is 5.82 Å². The molecule has 23 heavy (non-hydrogen) atoms. The van der Waals surface area contributed by atoms with E-state index < -0.39 is 5.82 Å². The van der Waals surface area contributed by atoms with Crippen LogP contribution in [-0.4, -0.2) is 40.5 Å². The predicted molar refractivity (Wildman–Crippen MR) is 79.4 cm³/mol. The number of amides is 1. The van der Waals surface area contributed by atoms with Crippen LogP contribution in [0.3, 0.4) is 0 Å². The Kier molecular flexibility index (Phi) is 4.07. The molecule has 0 spiro atoms. The lowest BCUT2D eigenvalue weighted by Crippen LogP contribution is -2.48. The van der Waals surface area contributed by atoms with Gasteiger partial charge in [-0.05, 0) is 17.7 Å². The predicted octanol–water partition coefficient (Wildman–Crippen LogP) is 1.15. The smallest absolute Gasteiger partial charge is 0.239 e. The molecule has 1 N–H and O–H groups in total. The third-order valence-electron chi connectivity index (χ3n) is 3.41. The van der Waals surface area contributed by atoms with Crippen molar-refractivity contribution < 1.29 is 9.18 Å². The van der Waals surface area contributed by atoms with E-state index in [0.717, 1.165) is 0 Å². The topological polar surface area (TPSA) is 112 Å². The van der Waals surface area contributed by atoms with Crippen molar-refractivity contribution in [2.75, 3.05) is 24.5 Å². The van der Waals surface area contributed by atoms with Crippen LogP contribution in [-0.2, 0) is 11.3 Å². The molecule has 9 nitrogen and oxygen atoms in total. The van der Waals surface area contributed by atoms with Crippen molar-refractivity contribution in [3.63, 3.8) is 0 Å². The van der Waals surface area contributed by atoms with Gasteiger partial charge in [-0.25, -0.2) is 9.07 Å². The molecule has 3 rings (SSSR count). The number of hydrogen-bond acceptors (Lipinski definition) is 5. The maximum Gasteiger partial charge on any atom is 0.239 e. The van der Waals surface area contributed by atoms with Crippen LogP contribution in [0.15, 0.2) is 29.5 Å². The highest BCUT2D eigenvalue weighted by Crippen LogP contribution is 2.22. The molecule has 2 aromatic rings. The minimum absolute atomic E-state index is 0.0833. The van der Waals surface area contributed by atoms with E-state index in [9.17, 15) is 9.18 Å². The van der Waals surface area contributed by atoms with Gasteiger partial charge in [-0.2, -0.15) is 0 Å². The summed E-state index contributed by atoms with van der Waals surface area (Å²) in [5, 5.41) is 13.8. The number of aromatic nitrogens is 3. The zero-order valence-corrected chi connectivity index (χ0v) is 12.1. The fourth-order valence-electron chi connectivity index (χ4n) is 2.34. The first-order valence-electron chi connectivity index (χ1n) is 6.91. The van der Waals surface area contributed by atoms with Crippen molar-refractivity contribution in [1.82, 2.24) is 20.3 Å². The Morgan fingerprint density at radius 3 is 3.09 bits per heavy atom. The fourth-order valence-corrected chi connectivity index (χ4v) is 2.34. The molecule has 1 aromatic heterocycles. The van der Waals surface area contributed by atoms with E-state index >= 15 is 0 Å². The maximum atomic E-state index is 14.4. The molecule has 0 aliphatic carbocycles. The first kappa shape index (κ1) is 14.8. The van der Waals surface area contributed by atoms with Crippen molar-refractivity contribution in [3.05, 3.63) is 46.3 Å². The third-order valence-corrected chi connectivity index (χ3v) is 3.41. The van der Waals surface area contributed by atoms with Gasteiger partial charge in [-0.15, -0.1) is 5.10 Å². The Labute approximate surface area is 130 Å². The zero-order valence-electron chi connectivity index (χ0n) is 12.1. The standard InChI is InChI=1S/C13H13FN8O/c14-11-5-10(22-7-9(18-20-22)6-17-19-15)1-2-12(11)21-4-3-16-13(23)8-21/h1-2,5,7H,3-4,6,8H2,(H,16,23). The number of piperazine rings is 1. The minimum atomic E-state index is -0.440. The van der Waals surface area contributed by atoms with E-state index in [-0.39, 0.29) is 19.0 Å². The van der Waals surface area contributed by atoms with Crippen LogP contribution in [0.2, 0.25) is 0 Å². The number of azide groups is 1. The molecule has 1 saturated heterocycles. The molecule has 0 unspecified atom stereocenters. The molecule has 1 amide bonds. The number of carbonyl (C=O) groups is 1. The maximum absolute atomic E-state index is 14.4. The summed E-state index contributed by atoms with van der Waals surface area (Å²) in [5.74, 6) is -0.567. The monoisotopic (exact) mass is 316 g/mol. The molecule has 2 heterocycles. The van der Waals surface area contributed by atoms with Gasteiger partial charge in [0.15, 0.2) is 0 Å². The van der Waals surface area contributed by atoms with E-state index in [1.807, 2.05) is 0 Å². The van der Waals surface area contributed by atoms with Crippen LogP contribution in [0.1, 0.15) is 5.69 Å². The summed E-state index contributed by atoms with van der Waals surface area (Å²) in [6.45, 7) is 1.27. The number of anilines is 1. The summed E-state index contributed by atoms with van der Waals surface area (Å²) in [7, 11) is 0. The van der Waals surface area contributed by atoms with Crippen LogP contribution in [0.4, 0.5) is 10.1 Å². The van der Waals surface area contributed by atoms with E-state index in [4.69, 9.17) is 5.53 Å². The minimum Gasteiger partial charge on any atom is -0.358 e. The second kappa shape index (κ2) is 6.32. The zero-order chi connectivity index (χ0) is 16.2. The summed E-state index contributed by atoms with van der Waals surface area (Å²) in [5.41, 5.74) is 9.63. The number of hydrogen-bond donors (Lipinski definition) is 1. The highest BCUT2D eigenvalue weighted by Gasteiger charge is 2.19. The molecule has 0 bridgehead atoms. The summed E-state index contributed by atoms with van der Waals surface area (Å²) in [4.78, 5) is 15.7. The second-order valence-corrected chi connectivity index (χ2v) is 4.95. The average Bonchev–Trinajstić information content (AvgIpc) is 3.01. The molecule has 1 aliphatic heterocycles. The molecule has 1 fully saturated rings. The summed E-state index contributed by atoms with van der Waals surface area (Å²) < 4.78 is 15.8. The SMILES string of the molecule is [N-]=[N+]=NCc1cn(-c2ccc(N3CCNC(=O)C3)c(F)c2)nn1. The normalized spacial score (nSPS) is 14.3. The van der Waals surface area contributed by atoms with Gasteiger partial charge in [0.25, 0.3) is 0 Å². The van der Waals surface area contributed by atoms with Crippen LogP contribution < -0.4 is 10.2 Å². The molecule has 118 valence electrons. The number of benzene rings is 1. The first-order valence-corrected chi connectivity index (χ1v) is 6.91. The van der Waals surface area contributed by atoms with Crippen LogP contribution in [0, 0.1) is 5.82 Å². The Morgan fingerprint density at radius 2 is 2.35 bits per heavy atom. The molecular formula is C13H13FN8O. The van der Waals surface area contributed by atoms with Crippen molar-refractivity contribution in [2.45, 2.75) is 6.54 Å². The van der Waals surface area contributed by atoms with Gasteiger partial charge in [-0.1, -0.05) is 10.3 Å². The molecule has 0 radical (unpaired) electrons. The van der Waals surface area contributed by atoms with Crippen molar-refractivity contribution >= 4 is 11.6 Å². The van der Waals surface area contributed by atoms with Crippen LogP contribution in [0.5, 0.6) is 0 Å². The van der Waals surface area contributed by atoms with Crippen molar-refractivity contribution in [1.29, 1.82) is 0 Å². The van der Waals surface area contributed by atoms with Gasteiger partial charge in [0.2, 0.25) is 5.91 Å². The largest absolute Gasteiger partial charge is 0.358 e. The van der Waals surface area contributed by atoms with E-state index in [1.54, 1.807) is 23.2 Å². The number of nitrogens with zero attached hydrogens (tertiary/aromatic N) is 7. The highest BCUT2D eigenvalue weighted by molar-refractivity contribution is 5.82. The lowest BCUT2D eigenvalue weighted by molar-refractivity contribution is -0.120. The Hall–Kier alpha value is -3.13. The lowest BCUT2D eigenvalue weighted by Gasteiger charge is -2.28. The molecular weight excluding hydrogens is 303 g/mol. The second-order valence-electron chi connectivity index (χ2n) is 4.95. The molecule has 0 saturated carbocycles. The number of rotatable bonds is 4. The Bertz CT molecular complexity index is 782.